The molecule has 2 atom stereocenters. The van der Waals surface area contributed by atoms with Crippen LogP contribution in [0.5, 0.6) is 0 Å². The highest BCUT2D eigenvalue weighted by molar-refractivity contribution is 5.83. The van der Waals surface area contributed by atoms with E-state index in [1.165, 1.54) is 6.07 Å². The zero-order valence-electron chi connectivity index (χ0n) is 11.5. The Morgan fingerprint density at radius 2 is 2.10 bits per heavy atom. The third-order valence-corrected chi connectivity index (χ3v) is 3.87. The number of nitrogens with zero attached hydrogens (tertiary/aromatic N) is 1. The molecule has 1 fully saturated rings. The predicted molar refractivity (Wildman–Crippen MR) is 73.2 cm³/mol. The Morgan fingerprint density at radius 1 is 1.24 bits per heavy atom. The molecule has 1 aromatic rings. The zero-order valence-corrected chi connectivity index (χ0v) is 11.5. The van der Waals surface area contributed by atoms with Gasteiger partial charge in [-0.15, -0.1) is 0 Å². The van der Waals surface area contributed by atoms with Gasteiger partial charge in [0.25, 0.3) is 0 Å². The van der Waals surface area contributed by atoms with Crippen LogP contribution in [0.3, 0.4) is 0 Å². The fraction of sp³-hybridized carbons (Fsp3) is 0.533. The number of hydrogen-bond acceptors (Lipinski definition) is 3. The number of piperidine rings is 1. The number of nitrogens with one attached hydrogen (secondary N) is 1. The van der Waals surface area contributed by atoms with Gasteiger partial charge in [-0.1, -0.05) is 18.6 Å². The number of rotatable bonds is 2. The van der Waals surface area contributed by atoms with E-state index in [1.54, 1.807) is 6.07 Å². The van der Waals surface area contributed by atoms with Crippen molar-refractivity contribution in [3.63, 3.8) is 0 Å². The van der Waals surface area contributed by atoms with Crippen molar-refractivity contribution in [2.24, 2.45) is 4.99 Å². The van der Waals surface area contributed by atoms with Crippen LogP contribution in [-0.4, -0.2) is 25.0 Å². The van der Waals surface area contributed by atoms with E-state index in [0.717, 1.165) is 37.9 Å². The molecule has 2 heterocycles. The predicted octanol–water partition coefficient (Wildman–Crippen LogP) is 3.32. The number of benzene rings is 1. The molecule has 1 aromatic carbocycles. The molecule has 1 saturated heterocycles. The largest absolute Gasteiger partial charge is 0.470 e. The van der Waals surface area contributed by atoms with E-state index in [2.05, 4.69) is 10.3 Å². The van der Waals surface area contributed by atoms with Crippen LogP contribution in [-0.2, 0) is 10.9 Å². The van der Waals surface area contributed by atoms with E-state index >= 15 is 0 Å². The molecule has 2 unspecified atom stereocenters. The maximum absolute atomic E-state index is 12.7. The standard InChI is InChI=1S/C15H17F3N2O/c16-15(17,18)11-5-3-4-10(8-11)13-9-20-14(21-13)12-6-1-2-7-19-12/h3-5,8,12-13,19H,1-2,6-7,9H2. The molecule has 0 aromatic heterocycles. The van der Waals surface area contributed by atoms with Gasteiger partial charge in [-0.25, -0.2) is 4.99 Å². The van der Waals surface area contributed by atoms with Crippen molar-refractivity contribution in [1.29, 1.82) is 0 Å². The van der Waals surface area contributed by atoms with Gasteiger partial charge < -0.3 is 10.1 Å². The first-order chi connectivity index (χ1) is 10.0. The quantitative estimate of drug-likeness (QED) is 0.908. The second-order valence-corrected chi connectivity index (χ2v) is 5.41. The van der Waals surface area contributed by atoms with Crippen LogP contribution in [0.4, 0.5) is 13.2 Å². The minimum absolute atomic E-state index is 0.106. The minimum atomic E-state index is -4.33. The summed E-state index contributed by atoms with van der Waals surface area (Å²) in [5.74, 6) is 0.636. The zero-order chi connectivity index (χ0) is 14.9. The summed E-state index contributed by atoms with van der Waals surface area (Å²) in [5, 5.41) is 3.33. The summed E-state index contributed by atoms with van der Waals surface area (Å²) >= 11 is 0. The van der Waals surface area contributed by atoms with Crippen molar-refractivity contribution in [3.05, 3.63) is 35.4 Å². The summed E-state index contributed by atoms with van der Waals surface area (Å²) in [6.07, 6.45) is -1.52. The first kappa shape index (κ1) is 14.4. The van der Waals surface area contributed by atoms with Gasteiger partial charge in [0.05, 0.1) is 18.2 Å². The molecule has 6 heteroatoms. The monoisotopic (exact) mass is 298 g/mol. The Morgan fingerprint density at radius 3 is 2.81 bits per heavy atom. The Balaban J connectivity index is 1.70. The van der Waals surface area contributed by atoms with E-state index in [9.17, 15) is 13.2 Å². The van der Waals surface area contributed by atoms with Crippen molar-refractivity contribution in [2.45, 2.75) is 37.6 Å². The van der Waals surface area contributed by atoms with Crippen molar-refractivity contribution in [1.82, 2.24) is 5.32 Å². The van der Waals surface area contributed by atoms with Crippen LogP contribution in [0.25, 0.3) is 0 Å². The van der Waals surface area contributed by atoms with E-state index in [0.29, 0.717) is 18.0 Å². The molecule has 0 bridgehead atoms. The molecule has 3 rings (SSSR count). The van der Waals surface area contributed by atoms with Gasteiger partial charge in [0.2, 0.25) is 5.90 Å². The number of alkyl halides is 3. The summed E-state index contributed by atoms with van der Waals surface area (Å²) < 4.78 is 44.0. The maximum atomic E-state index is 12.7. The van der Waals surface area contributed by atoms with Gasteiger partial charge in [0, 0.05) is 0 Å². The Labute approximate surface area is 121 Å². The molecular weight excluding hydrogens is 281 g/mol. The minimum Gasteiger partial charge on any atom is -0.470 e. The normalized spacial score (nSPS) is 26.3. The fourth-order valence-corrected chi connectivity index (χ4v) is 2.74. The Hall–Kier alpha value is -1.56. The fourth-order valence-electron chi connectivity index (χ4n) is 2.74. The Kier molecular flexibility index (Phi) is 3.89. The summed E-state index contributed by atoms with van der Waals surface area (Å²) in [6.45, 7) is 1.32. The lowest BCUT2D eigenvalue weighted by Crippen LogP contribution is -2.40. The van der Waals surface area contributed by atoms with E-state index in [4.69, 9.17) is 4.74 Å². The molecule has 0 spiro atoms. The second kappa shape index (κ2) is 5.67. The van der Waals surface area contributed by atoms with Gasteiger partial charge >= 0.3 is 6.18 Å². The van der Waals surface area contributed by atoms with Crippen molar-refractivity contribution >= 4 is 5.90 Å². The summed E-state index contributed by atoms with van der Waals surface area (Å²) in [5.41, 5.74) is -0.118. The van der Waals surface area contributed by atoms with Gasteiger partial charge in [-0.3, -0.25) is 0 Å². The van der Waals surface area contributed by atoms with Crippen LogP contribution in [0.1, 0.15) is 36.5 Å². The molecule has 1 N–H and O–H groups in total. The lowest BCUT2D eigenvalue weighted by molar-refractivity contribution is -0.137. The maximum Gasteiger partial charge on any atom is 0.416 e. The number of hydrogen-bond donors (Lipinski definition) is 1. The van der Waals surface area contributed by atoms with Gasteiger partial charge in [-0.2, -0.15) is 13.2 Å². The summed E-state index contributed by atoms with van der Waals surface area (Å²) in [6, 6.07) is 5.40. The highest BCUT2D eigenvalue weighted by Gasteiger charge is 2.33. The number of ether oxygens (including phenoxy) is 1. The van der Waals surface area contributed by atoms with Crippen molar-refractivity contribution < 1.29 is 17.9 Å². The third kappa shape index (κ3) is 3.20. The first-order valence-corrected chi connectivity index (χ1v) is 7.15. The molecule has 114 valence electrons. The lowest BCUT2D eigenvalue weighted by Gasteiger charge is -2.24. The molecule has 3 nitrogen and oxygen atoms in total. The van der Waals surface area contributed by atoms with Crippen LogP contribution >= 0.6 is 0 Å². The highest BCUT2D eigenvalue weighted by Crippen LogP contribution is 2.33. The van der Waals surface area contributed by atoms with Gasteiger partial charge in [0.1, 0.15) is 6.10 Å². The topological polar surface area (TPSA) is 33.6 Å². The van der Waals surface area contributed by atoms with Crippen LogP contribution < -0.4 is 5.32 Å². The summed E-state index contributed by atoms with van der Waals surface area (Å²) in [7, 11) is 0. The summed E-state index contributed by atoms with van der Waals surface area (Å²) in [4.78, 5) is 4.36. The third-order valence-electron chi connectivity index (χ3n) is 3.87. The highest BCUT2D eigenvalue weighted by atomic mass is 19.4. The molecular formula is C15H17F3N2O. The molecule has 21 heavy (non-hydrogen) atoms. The molecule has 2 aliphatic rings. The molecule has 0 radical (unpaired) electrons. The van der Waals surface area contributed by atoms with Gasteiger partial charge in [-0.05, 0) is 37.1 Å². The lowest BCUT2D eigenvalue weighted by atomic mass is 10.0. The van der Waals surface area contributed by atoms with E-state index < -0.39 is 17.8 Å². The van der Waals surface area contributed by atoms with E-state index in [1.807, 2.05) is 0 Å². The average molecular weight is 298 g/mol. The molecule has 0 saturated carbocycles. The van der Waals surface area contributed by atoms with Gasteiger partial charge in [0.15, 0.2) is 0 Å². The van der Waals surface area contributed by atoms with Crippen LogP contribution in [0, 0.1) is 0 Å². The average Bonchev–Trinajstić information content (AvgIpc) is 2.97. The molecule has 0 aliphatic carbocycles. The molecule has 0 amide bonds. The molecule has 2 aliphatic heterocycles. The second-order valence-electron chi connectivity index (χ2n) is 5.41. The Bertz CT molecular complexity index is 536. The number of aliphatic imine (C=N–C) groups is 1. The van der Waals surface area contributed by atoms with E-state index in [-0.39, 0.29) is 6.04 Å². The SMILES string of the molecule is FC(F)(F)c1cccc(C2CN=C(C3CCCCN3)O2)c1. The van der Waals surface area contributed by atoms with Crippen molar-refractivity contribution in [3.8, 4) is 0 Å². The number of halogens is 3. The van der Waals surface area contributed by atoms with Crippen molar-refractivity contribution in [2.75, 3.05) is 13.1 Å². The van der Waals surface area contributed by atoms with Crippen LogP contribution in [0.2, 0.25) is 0 Å². The smallest absolute Gasteiger partial charge is 0.416 e. The van der Waals surface area contributed by atoms with Crippen LogP contribution in [0.15, 0.2) is 29.3 Å². The first-order valence-electron chi connectivity index (χ1n) is 7.15.